The van der Waals surface area contributed by atoms with Crippen LogP contribution in [0, 0.1) is 6.08 Å². The Hall–Kier alpha value is -3.22. The molecule has 0 nitrogen and oxygen atoms in total. The van der Waals surface area contributed by atoms with E-state index in [1.807, 2.05) is 0 Å². The summed E-state index contributed by atoms with van der Waals surface area (Å²) in [5, 5.41) is 5.39. The largest absolute Gasteiger partial charge is 0.126 e. The van der Waals surface area contributed by atoms with Crippen molar-refractivity contribution in [1.29, 1.82) is 0 Å². The SMILES string of the molecule is [C-]1=CC(Cc2ccccc2)=CC1.[Cl-].[Cl-].[Zr+2]=[C](c1ccccc1)c1ccccc1.c1ccc2c(c1)[cH-]c1ccccc12. The number of allylic oxidation sites excluding steroid dienone is 4. The summed E-state index contributed by atoms with van der Waals surface area (Å²) in [6.45, 7) is 0. The second-order valence-corrected chi connectivity index (χ2v) is 10.6. The van der Waals surface area contributed by atoms with Crippen molar-refractivity contribution in [3.05, 3.63) is 186 Å². The van der Waals surface area contributed by atoms with Crippen LogP contribution >= 0.6 is 0 Å². The summed E-state index contributed by atoms with van der Waals surface area (Å²) in [5.41, 5.74) is 5.43. The van der Waals surface area contributed by atoms with Crippen LogP contribution in [-0.2, 0) is 30.7 Å². The minimum Gasteiger partial charge on any atom is -0.126 e. The van der Waals surface area contributed by atoms with Crippen LogP contribution in [0.25, 0.3) is 21.5 Å². The summed E-state index contributed by atoms with van der Waals surface area (Å²) < 4.78 is 1.42. The zero-order valence-corrected chi connectivity index (χ0v) is 26.7. The first-order valence-electron chi connectivity index (χ1n) is 13.3. The summed E-state index contributed by atoms with van der Waals surface area (Å²) in [7, 11) is 0. The smallest absolute Gasteiger partial charge is 0.0771 e. The van der Waals surface area contributed by atoms with E-state index in [1.54, 1.807) is 0 Å². The summed E-state index contributed by atoms with van der Waals surface area (Å²) in [6.07, 6.45) is 9.53. The zero-order valence-electron chi connectivity index (χ0n) is 22.7. The maximum Gasteiger partial charge on any atom is -0.0771 e. The van der Waals surface area contributed by atoms with E-state index in [-0.39, 0.29) is 24.8 Å². The molecule has 7 rings (SSSR count). The van der Waals surface area contributed by atoms with Gasteiger partial charge in [-0.3, -0.25) is 6.08 Å². The van der Waals surface area contributed by atoms with Gasteiger partial charge in [-0.15, -0.1) is 46.2 Å². The average molecular weight is 649 g/mol. The van der Waals surface area contributed by atoms with E-state index in [4.69, 9.17) is 0 Å². The maximum atomic E-state index is 3.17. The molecule has 1 aliphatic rings. The molecule has 0 spiro atoms. The summed E-state index contributed by atoms with van der Waals surface area (Å²) in [6, 6.07) is 50.9. The number of halogens is 2. The fourth-order valence-corrected chi connectivity index (χ4v) is 5.49. The monoisotopic (exact) mass is 646 g/mol. The Labute approximate surface area is 271 Å². The van der Waals surface area contributed by atoms with Gasteiger partial charge in [-0.25, -0.2) is 6.08 Å². The van der Waals surface area contributed by atoms with Gasteiger partial charge >= 0.3 is 99.2 Å². The number of fused-ring (bicyclic) bond motifs is 3. The second-order valence-electron chi connectivity index (χ2n) is 9.42. The topological polar surface area (TPSA) is 0 Å². The van der Waals surface area contributed by atoms with Crippen LogP contribution in [0.15, 0.2) is 163 Å². The van der Waals surface area contributed by atoms with Crippen LogP contribution < -0.4 is 24.8 Å². The Morgan fingerprint density at radius 1 is 0.585 bits per heavy atom. The van der Waals surface area contributed by atoms with E-state index in [0.29, 0.717) is 0 Å². The number of hydrogen-bond donors (Lipinski definition) is 0. The quantitative estimate of drug-likeness (QED) is 0.257. The Morgan fingerprint density at radius 3 is 1.49 bits per heavy atom. The third kappa shape index (κ3) is 9.14. The Bertz CT molecular complexity index is 1610. The van der Waals surface area contributed by atoms with E-state index >= 15 is 0 Å². The molecule has 0 unspecified atom stereocenters. The van der Waals surface area contributed by atoms with Crippen molar-refractivity contribution < 1.29 is 49.0 Å². The van der Waals surface area contributed by atoms with Gasteiger partial charge in [0.05, 0.1) is 0 Å². The molecule has 0 heterocycles. The van der Waals surface area contributed by atoms with Crippen molar-refractivity contribution in [2.75, 3.05) is 0 Å². The van der Waals surface area contributed by atoms with Crippen molar-refractivity contribution in [1.82, 2.24) is 0 Å². The molecule has 0 aromatic heterocycles. The molecule has 6 aromatic rings. The Balaban J connectivity index is 0.000000166. The molecule has 0 amide bonds. The Morgan fingerprint density at radius 2 is 1.02 bits per heavy atom. The third-order valence-corrected chi connectivity index (χ3v) is 8.09. The molecule has 1 aliphatic carbocycles. The molecule has 0 saturated heterocycles. The van der Waals surface area contributed by atoms with E-state index < -0.39 is 0 Å². The molecule has 0 atom stereocenters. The van der Waals surface area contributed by atoms with Crippen molar-refractivity contribution >= 4 is 24.8 Å². The number of hydrogen-bond acceptors (Lipinski definition) is 0. The molecule has 202 valence electrons. The predicted octanol–water partition coefficient (Wildman–Crippen LogP) is 3.44. The Kier molecular flexibility index (Phi) is 13.3. The fourth-order valence-electron chi connectivity index (χ4n) is 4.67. The van der Waals surface area contributed by atoms with Crippen LogP contribution in [0.5, 0.6) is 0 Å². The second kappa shape index (κ2) is 16.9. The van der Waals surface area contributed by atoms with Gasteiger partial charge in [-0.05, 0) is 0 Å². The van der Waals surface area contributed by atoms with Crippen LogP contribution in [0.1, 0.15) is 23.1 Å². The fraction of sp³-hybridized carbons (Fsp3) is 0.0526. The first-order chi connectivity index (χ1) is 19.3. The van der Waals surface area contributed by atoms with Gasteiger partial charge in [0, 0.05) is 0 Å². The normalized spacial score (nSPS) is 11.2. The van der Waals surface area contributed by atoms with Crippen LogP contribution in [0.4, 0.5) is 0 Å². The molecule has 0 aliphatic heterocycles. The van der Waals surface area contributed by atoms with Gasteiger partial charge in [0.25, 0.3) is 0 Å². The van der Waals surface area contributed by atoms with Gasteiger partial charge in [0.2, 0.25) is 0 Å². The number of benzene rings is 5. The molecule has 41 heavy (non-hydrogen) atoms. The third-order valence-electron chi connectivity index (χ3n) is 6.67. The van der Waals surface area contributed by atoms with E-state index in [1.165, 1.54) is 71.2 Å². The van der Waals surface area contributed by atoms with Crippen LogP contribution in [0.3, 0.4) is 0 Å². The summed E-state index contributed by atoms with van der Waals surface area (Å²) in [4.78, 5) is 0. The van der Waals surface area contributed by atoms with Crippen molar-refractivity contribution in [3.63, 3.8) is 0 Å². The van der Waals surface area contributed by atoms with Crippen molar-refractivity contribution in [2.45, 2.75) is 12.8 Å². The first-order valence-corrected chi connectivity index (χ1v) is 14.5. The minimum absolute atomic E-state index is 0. The van der Waals surface area contributed by atoms with E-state index in [0.717, 1.165) is 12.8 Å². The van der Waals surface area contributed by atoms with Gasteiger partial charge < -0.3 is 24.8 Å². The number of rotatable bonds is 4. The minimum atomic E-state index is 0. The van der Waals surface area contributed by atoms with Gasteiger partial charge in [0.15, 0.2) is 0 Å². The van der Waals surface area contributed by atoms with E-state index in [2.05, 4.69) is 164 Å². The summed E-state index contributed by atoms with van der Waals surface area (Å²) >= 11 is 1.46. The maximum absolute atomic E-state index is 3.17. The zero-order chi connectivity index (χ0) is 26.7. The molecule has 3 heteroatoms. The first kappa shape index (κ1) is 32.3. The molecule has 0 bridgehead atoms. The molecule has 0 N–H and O–H groups in total. The molecule has 0 radical (unpaired) electrons. The summed E-state index contributed by atoms with van der Waals surface area (Å²) in [5.74, 6) is 0. The molecular weight excluding hydrogens is 619 g/mol. The van der Waals surface area contributed by atoms with Gasteiger partial charge in [0.1, 0.15) is 0 Å². The molecule has 0 saturated carbocycles. The average Bonchev–Trinajstić information content (AvgIpc) is 3.67. The van der Waals surface area contributed by atoms with Crippen LogP contribution in [0.2, 0.25) is 0 Å². The van der Waals surface area contributed by atoms with Gasteiger partial charge in [-0.1, -0.05) is 78.7 Å². The van der Waals surface area contributed by atoms with E-state index in [9.17, 15) is 0 Å². The predicted molar refractivity (Wildman–Crippen MR) is 164 cm³/mol. The molecule has 6 aromatic carbocycles. The van der Waals surface area contributed by atoms with Crippen molar-refractivity contribution in [2.24, 2.45) is 0 Å². The van der Waals surface area contributed by atoms with Crippen molar-refractivity contribution in [3.8, 4) is 0 Å². The van der Waals surface area contributed by atoms with Crippen LogP contribution in [-0.4, -0.2) is 3.21 Å². The standard InChI is InChI=1S/C13H9.C13H10.C12H11.2ClH.Zr/c1-3-7-12-10(5-1)9-11-6-2-4-8-13(11)12;1-3-7-12(8-4-1)11-13-9-5-2-6-10-13;1-2-6-11(7-3-1)10-12-8-4-5-9-12;;;/h1-9H;1-10H;1-3,6-9H,4,10H2;2*1H;/q-1;;-1;;;+2/p-2. The van der Waals surface area contributed by atoms with Gasteiger partial charge in [-0.2, -0.15) is 11.6 Å². The molecule has 0 fully saturated rings. The molecular formula is C38H30Cl2Zr-2.